The van der Waals surface area contributed by atoms with E-state index in [4.69, 9.17) is 9.84 Å². The molecule has 0 unspecified atom stereocenters. The Morgan fingerprint density at radius 3 is 2.41 bits per heavy atom. The number of rotatable bonds is 8. The first kappa shape index (κ1) is 20.0. The molecule has 2 rings (SSSR count). The molecule has 2 amide bonds. The molecule has 0 aliphatic heterocycles. The third-order valence-electron chi connectivity index (χ3n) is 4.01. The van der Waals surface area contributed by atoms with Crippen molar-refractivity contribution in [2.75, 3.05) is 25.5 Å². The minimum atomic E-state index is -1.12. The quantitative estimate of drug-likeness (QED) is 0.744. The number of aromatic carboxylic acids is 1. The van der Waals surface area contributed by atoms with Crippen LogP contribution in [0.1, 0.15) is 22.8 Å². The molecule has 27 heavy (non-hydrogen) atoms. The maximum absolute atomic E-state index is 12.3. The van der Waals surface area contributed by atoms with E-state index in [1.54, 1.807) is 0 Å². The van der Waals surface area contributed by atoms with Gasteiger partial charge in [-0.3, -0.25) is 9.59 Å². The number of carbonyl (C=O) groups is 3. The Morgan fingerprint density at radius 2 is 1.81 bits per heavy atom. The number of nitrogens with zero attached hydrogens (tertiary/aromatic N) is 1. The van der Waals surface area contributed by atoms with Gasteiger partial charge in [-0.05, 0) is 24.1 Å². The average Bonchev–Trinajstić information content (AvgIpc) is 2.65. The smallest absolute Gasteiger partial charge is 0.339 e. The van der Waals surface area contributed by atoms with Crippen molar-refractivity contribution in [1.29, 1.82) is 0 Å². The van der Waals surface area contributed by atoms with Crippen LogP contribution in [0.15, 0.2) is 48.5 Å². The number of nitrogens with one attached hydrogen (secondary N) is 1. The van der Waals surface area contributed by atoms with Crippen molar-refractivity contribution in [3.8, 4) is 5.75 Å². The van der Waals surface area contributed by atoms with Crippen molar-refractivity contribution >= 4 is 23.5 Å². The standard InChI is InChI=1S/C20H22N2O5/c1-14(23)22(11-10-15-6-4-3-5-7-15)13-19(24)21-16-8-9-17(20(25)26)18(12-16)27-2/h3-9,12H,10-11,13H2,1-2H3,(H,21,24)(H,25,26). The van der Waals surface area contributed by atoms with Gasteiger partial charge in [0, 0.05) is 25.2 Å². The lowest BCUT2D eigenvalue weighted by Crippen LogP contribution is -2.38. The number of carbonyl (C=O) groups excluding carboxylic acids is 2. The van der Waals surface area contributed by atoms with Gasteiger partial charge in [-0.2, -0.15) is 0 Å². The Kier molecular flexibility index (Phi) is 6.93. The van der Waals surface area contributed by atoms with Crippen molar-refractivity contribution in [2.45, 2.75) is 13.3 Å². The minimum absolute atomic E-state index is 0.00345. The number of hydrogen-bond donors (Lipinski definition) is 2. The van der Waals surface area contributed by atoms with E-state index in [1.807, 2.05) is 30.3 Å². The SMILES string of the molecule is COc1cc(NC(=O)CN(CCc2ccccc2)C(C)=O)ccc1C(=O)O. The zero-order valence-corrected chi connectivity index (χ0v) is 15.3. The van der Waals surface area contributed by atoms with E-state index in [-0.39, 0.29) is 29.7 Å². The van der Waals surface area contributed by atoms with Crippen molar-refractivity contribution in [3.05, 3.63) is 59.7 Å². The van der Waals surface area contributed by atoms with Gasteiger partial charge in [0.15, 0.2) is 0 Å². The minimum Gasteiger partial charge on any atom is -0.496 e. The summed E-state index contributed by atoms with van der Waals surface area (Å²) in [6.45, 7) is 1.75. The number of benzene rings is 2. The van der Waals surface area contributed by atoms with Crippen molar-refractivity contribution in [2.24, 2.45) is 0 Å². The molecule has 2 aromatic carbocycles. The summed E-state index contributed by atoms with van der Waals surface area (Å²) < 4.78 is 5.04. The number of methoxy groups -OCH3 is 1. The van der Waals surface area contributed by atoms with E-state index in [9.17, 15) is 14.4 Å². The molecule has 0 heterocycles. The molecule has 0 aromatic heterocycles. The van der Waals surface area contributed by atoms with Gasteiger partial charge in [0.05, 0.1) is 13.7 Å². The van der Waals surface area contributed by atoms with Crippen LogP contribution >= 0.6 is 0 Å². The number of carboxylic acid groups (broad SMARTS) is 1. The van der Waals surface area contributed by atoms with Crippen LogP contribution < -0.4 is 10.1 Å². The van der Waals surface area contributed by atoms with Crippen molar-refractivity contribution in [1.82, 2.24) is 4.90 Å². The molecule has 0 aliphatic carbocycles. The highest BCUT2D eigenvalue weighted by atomic mass is 16.5. The van der Waals surface area contributed by atoms with Crippen molar-refractivity contribution < 1.29 is 24.2 Å². The molecule has 7 heteroatoms. The fourth-order valence-electron chi connectivity index (χ4n) is 2.58. The molecule has 0 saturated carbocycles. The Morgan fingerprint density at radius 1 is 1.11 bits per heavy atom. The van der Waals surface area contributed by atoms with E-state index in [0.29, 0.717) is 18.7 Å². The molecule has 2 aromatic rings. The third kappa shape index (κ3) is 5.85. The van der Waals surface area contributed by atoms with Crippen LogP contribution in [0.25, 0.3) is 0 Å². The van der Waals surface area contributed by atoms with E-state index in [1.165, 1.54) is 37.1 Å². The van der Waals surface area contributed by atoms with Gasteiger partial charge in [-0.25, -0.2) is 4.79 Å². The van der Waals surface area contributed by atoms with Crippen LogP contribution in [0.4, 0.5) is 5.69 Å². The maximum Gasteiger partial charge on any atom is 0.339 e. The molecule has 0 aliphatic rings. The van der Waals surface area contributed by atoms with E-state index >= 15 is 0 Å². The van der Waals surface area contributed by atoms with Crippen LogP contribution in [-0.4, -0.2) is 48.0 Å². The first-order chi connectivity index (χ1) is 12.9. The zero-order chi connectivity index (χ0) is 19.8. The normalized spacial score (nSPS) is 10.1. The Balaban J connectivity index is 1.99. The number of hydrogen-bond acceptors (Lipinski definition) is 4. The van der Waals surface area contributed by atoms with Crippen LogP contribution in [0.3, 0.4) is 0 Å². The summed E-state index contributed by atoms with van der Waals surface area (Å²) in [5, 5.41) is 11.8. The Hall–Kier alpha value is -3.35. The fourth-order valence-corrected chi connectivity index (χ4v) is 2.58. The molecular formula is C20H22N2O5. The van der Waals surface area contributed by atoms with Crippen LogP contribution in [0.2, 0.25) is 0 Å². The molecule has 0 spiro atoms. The van der Waals surface area contributed by atoms with Crippen LogP contribution in [-0.2, 0) is 16.0 Å². The van der Waals surface area contributed by atoms with E-state index < -0.39 is 5.97 Å². The van der Waals surface area contributed by atoms with E-state index in [0.717, 1.165) is 5.56 Å². The second-order valence-corrected chi connectivity index (χ2v) is 5.94. The predicted octanol–water partition coefficient (Wildman–Crippen LogP) is 2.42. The summed E-state index contributed by atoms with van der Waals surface area (Å²) in [4.78, 5) is 36.7. The van der Waals surface area contributed by atoms with E-state index in [2.05, 4.69) is 5.32 Å². The van der Waals surface area contributed by atoms with Crippen LogP contribution in [0, 0.1) is 0 Å². The number of amides is 2. The van der Waals surface area contributed by atoms with Gasteiger partial charge in [0.1, 0.15) is 11.3 Å². The summed E-state index contributed by atoms with van der Waals surface area (Å²) in [6.07, 6.45) is 0.648. The lowest BCUT2D eigenvalue weighted by Gasteiger charge is -2.20. The fraction of sp³-hybridized carbons (Fsp3) is 0.250. The number of ether oxygens (including phenoxy) is 1. The third-order valence-corrected chi connectivity index (χ3v) is 4.01. The molecule has 0 bridgehead atoms. The highest BCUT2D eigenvalue weighted by Gasteiger charge is 2.16. The molecule has 7 nitrogen and oxygen atoms in total. The molecule has 2 N–H and O–H groups in total. The van der Waals surface area contributed by atoms with Gasteiger partial charge >= 0.3 is 5.97 Å². The molecule has 0 fully saturated rings. The second-order valence-electron chi connectivity index (χ2n) is 5.94. The van der Waals surface area contributed by atoms with Crippen molar-refractivity contribution in [3.63, 3.8) is 0 Å². The highest BCUT2D eigenvalue weighted by molar-refractivity contribution is 5.96. The summed E-state index contributed by atoms with van der Waals surface area (Å²) in [5.41, 5.74) is 1.48. The van der Waals surface area contributed by atoms with Gasteiger partial charge < -0.3 is 20.1 Å². The predicted molar refractivity (Wildman–Crippen MR) is 101 cm³/mol. The molecule has 142 valence electrons. The molecule has 0 radical (unpaired) electrons. The monoisotopic (exact) mass is 370 g/mol. The average molecular weight is 370 g/mol. The Labute approximate surface area is 157 Å². The topological polar surface area (TPSA) is 95.9 Å². The number of carboxylic acids is 1. The first-order valence-electron chi connectivity index (χ1n) is 8.41. The van der Waals surface area contributed by atoms with Crippen LogP contribution in [0.5, 0.6) is 5.75 Å². The molecule has 0 saturated heterocycles. The first-order valence-corrected chi connectivity index (χ1v) is 8.41. The Bertz CT molecular complexity index is 820. The van der Waals surface area contributed by atoms with Gasteiger partial charge in [0.2, 0.25) is 11.8 Å². The summed E-state index contributed by atoms with van der Waals surface area (Å²) in [7, 11) is 1.36. The summed E-state index contributed by atoms with van der Waals surface area (Å²) >= 11 is 0. The largest absolute Gasteiger partial charge is 0.496 e. The lowest BCUT2D eigenvalue weighted by atomic mass is 10.1. The van der Waals surface area contributed by atoms with Gasteiger partial charge in [-0.1, -0.05) is 30.3 Å². The highest BCUT2D eigenvalue weighted by Crippen LogP contribution is 2.23. The summed E-state index contributed by atoms with van der Waals surface area (Å²) in [6, 6.07) is 14.0. The molecule has 0 atom stereocenters. The number of anilines is 1. The van der Waals surface area contributed by atoms with Gasteiger partial charge in [0.25, 0.3) is 0 Å². The van der Waals surface area contributed by atoms with Gasteiger partial charge in [-0.15, -0.1) is 0 Å². The zero-order valence-electron chi connectivity index (χ0n) is 15.3. The lowest BCUT2D eigenvalue weighted by molar-refractivity contribution is -0.132. The molecular weight excluding hydrogens is 348 g/mol. The summed E-state index contributed by atoms with van der Waals surface area (Å²) in [5.74, 6) is -1.54. The maximum atomic E-state index is 12.3. The second kappa shape index (κ2) is 9.38.